The van der Waals surface area contributed by atoms with Crippen LogP contribution in [-0.4, -0.2) is 13.1 Å². The van der Waals surface area contributed by atoms with Gasteiger partial charge < -0.3 is 5.32 Å². The Bertz CT molecular complexity index is 529. The molecule has 0 spiro atoms. The van der Waals surface area contributed by atoms with Crippen LogP contribution in [0.2, 0.25) is 0 Å². The zero-order valence-electron chi connectivity index (χ0n) is 11.6. The number of hydrogen-bond donors (Lipinski definition) is 1. The topological polar surface area (TPSA) is 12.0 Å². The van der Waals surface area contributed by atoms with E-state index in [4.69, 9.17) is 0 Å². The third kappa shape index (κ3) is 2.31. The minimum absolute atomic E-state index is 0.693. The second-order valence-electron chi connectivity index (χ2n) is 5.58. The van der Waals surface area contributed by atoms with Crippen LogP contribution in [0.25, 0.3) is 11.1 Å². The van der Waals surface area contributed by atoms with Gasteiger partial charge in [-0.05, 0) is 42.0 Å². The van der Waals surface area contributed by atoms with Crippen LogP contribution in [0.1, 0.15) is 24.8 Å². The van der Waals surface area contributed by atoms with E-state index in [1.54, 1.807) is 0 Å². The third-order valence-electron chi connectivity index (χ3n) is 4.59. The molecule has 1 saturated carbocycles. The van der Waals surface area contributed by atoms with Crippen LogP contribution >= 0.6 is 0 Å². The smallest absolute Gasteiger partial charge is 0.0101 e. The molecule has 0 bridgehead atoms. The quantitative estimate of drug-likeness (QED) is 0.867. The first kappa shape index (κ1) is 12.4. The Morgan fingerprint density at radius 3 is 2.11 bits per heavy atom. The fourth-order valence-corrected chi connectivity index (χ4v) is 3.16. The van der Waals surface area contributed by atoms with Crippen LogP contribution in [0, 0.1) is 5.92 Å². The highest BCUT2D eigenvalue weighted by atomic mass is 14.9. The van der Waals surface area contributed by atoms with Gasteiger partial charge in [0.1, 0.15) is 0 Å². The van der Waals surface area contributed by atoms with Gasteiger partial charge in [-0.25, -0.2) is 0 Å². The summed E-state index contributed by atoms with van der Waals surface area (Å²) in [6.45, 7) is 2.35. The van der Waals surface area contributed by atoms with E-state index in [2.05, 4.69) is 73.9 Å². The Hall–Kier alpha value is -1.60. The van der Waals surface area contributed by atoms with Crippen LogP contribution in [0.4, 0.5) is 0 Å². The first-order valence-electron chi connectivity index (χ1n) is 7.12. The van der Waals surface area contributed by atoms with Crippen molar-refractivity contribution in [2.75, 3.05) is 7.05 Å². The van der Waals surface area contributed by atoms with Crippen LogP contribution in [-0.2, 0) is 0 Å². The summed E-state index contributed by atoms with van der Waals surface area (Å²) in [6.07, 6.45) is 1.27. The molecule has 1 nitrogen and oxygen atoms in total. The SMILES string of the molecule is CNC1CC(c2ccc(-c3ccccc3)cc2)C1C. The average molecular weight is 251 g/mol. The van der Waals surface area contributed by atoms with Gasteiger partial charge >= 0.3 is 0 Å². The standard InChI is InChI=1S/C18H21N/c1-13-17(12-18(13)19-2)16-10-8-15(9-11-16)14-6-4-3-5-7-14/h3-11,13,17-19H,12H2,1-2H3. The molecule has 0 aliphatic heterocycles. The van der Waals surface area contributed by atoms with Crippen molar-refractivity contribution < 1.29 is 0 Å². The molecule has 1 fully saturated rings. The van der Waals surface area contributed by atoms with Crippen LogP contribution < -0.4 is 5.32 Å². The van der Waals surface area contributed by atoms with Crippen molar-refractivity contribution in [1.82, 2.24) is 5.32 Å². The van der Waals surface area contributed by atoms with E-state index in [1.807, 2.05) is 0 Å². The Morgan fingerprint density at radius 2 is 1.53 bits per heavy atom. The van der Waals surface area contributed by atoms with E-state index < -0.39 is 0 Å². The lowest BCUT2D eigenvalue weighted by molar-refractivity contribution is 0.194. The summed E-state index contributed by atoms with van der Waals surface area (Å²) in [7, 11) is 2.07. The van der Waals surface area contributed by atoms with E-state index in [0.717, 1.165) is 11.8 Å². The van der Waals surface area contributed by atoms with Crippen molar-refractivity contribution in [3.8, 4) is 11.1 Å². The summed E-state index contributed by atoms with van der Waals surface area (Å²) in [5, 5.41) is 3.39. The van der Waals surface area contributed by atoms with Gasteiger partial charge in [0.25, 0.3) is 0 Å². The molecular formula is C18H21N. The predicted molar refractivity (Wildman–Crippen MR) is 81.2 cm³/mol. The predicted octanol–water partition coefficient (Wildman–Crippen LogP) is 4.07. The summed E-state index contributed by atoms with van der Waals surface area (Å²) in [4.78, 5) is 0. The molecule has 19 heavy (non-hydrogen) atoms. The van der Waals surface area contributed by atoms with Crippen molar-refractivity contribution in [3.63, 3.8) is 0 Å². The van der Waals surface area contributed by atoms with Gasteiger partial charge in [0.15, 0.2) is 0 Å². The number of benzene rings is 2. The van der Waals surface area contributed by atoms with E-state index in [0.29, 0.717) is 6.04 Å². The van der Waals surface area contributed by atoms with E-state index in [-0.39, 0.29) is 0 Å². The van der Waals surface area contributed by atoms with Crippen molar-refractivity contribution >= 4 is 0 Å². The molecule has 0 saturated heterocycles. The third-order valence-corrected chi connectivity index (χ3v) is 4.59. The fourth-order valence-electron chi connectivity index (χ4n) is 3.16. The number of nitrogens with one attached hydrogen (secondary N) is 1. The Balaban J connectivity index is 1.77. The van der Waals surface area contributed by atoms with Crippen molar-refractivity contribution in [1.29, 1.82) is 0 Å². The average Bonchev–Trinajstić information content (AvgIpc) is 2.48. The second-order valence-corrected chi connectivity index (χ2v) is 5.58. The van der Waals surface area contributed by atoms with Crippen molar-refractivity contribution in [2.24, 2.45) is 5.92 Å². The molecule has 3 atom stereocenters. The second kappa shape index (κ2) is 5.18. The van der Waals surface area contributed by atoms with Crippen molar-refractivity contribution in [2.45, 2.75) is 25.3 Å². The molecule has 98 valence electrons. The molecule has 0 heterocycles. The van der Waals surface area contributed by atoms with Crippen molar-refractivity contribution in [3.05, 3.63) is 60.2 Å². The summed E-state index contributed by atoms with van der Waals surface area (Å²) >= 11 is 0. The van der Waals surface area contributed by atoms with Gasteiger partial charge in [0.05, 0.1) is 0 Å². The lowest BCUT2D eigenvalue weighted by atomic mass is 9.67. The summed E-state index contributed by atoms with van der Waals surface area (Å²) in [6, 6.07) is 20.4. The van der Waals surface area contributed by atoms with Crippen LogP contribution in [0.3, 0.4) is 0 Å². The van der Waals surface area contributed by atoms with Gasteiger partial charge in [-0.2, -0.15) is 0 Å². The number of hydrogen-bond acceptors (Lipinski definition) is 1. The molecule has 1 aliphatic carbocycles. The maximum Gasteiger partial charge on any atom is 0.0101 e. The highest BCUT2D eigenvalue weighted by molar-refractivity contribution is 5.63. The highest BCUT2D eigenvalue weighted by Crippen LogP contribution is 2.42. The molecule has 0 radical (unpaired) electrons. The molecule has 3 unspecified atom stereocenters. The molecule has 1 N–H and O–H groups in total. The van der Waals surface area contributed by atoms with Gasteiger partial charge in [-0.1, -0.05) is 61.5 Å². The first-order chi connectivity index (χ1) is 9.29. The monoisotopic (exact) mass is 251 g/mol. The van der Waals surface area contributed by atoms with Crippen LogP contribution in [0.15, 0.2) is 54.6 Å². The molecule has 0 amide bonds. The van der Waals surface area contributed by atoms with E-state index in [9.17, 15) is 0 Å². The number of rotatable bonds is 3. The molecule has 1 heteroatoms. The lowest BCUT2D eigenvalue weighted by Gasteiger charge is -2.43. The first-order valence-corrected chi connectivity index (χ1v) is 7.12. The zero-order valence-corrected chi connectivity index (χ0v) is 11.6. The van der Waals surface area contributed by atoms with E-state index in [1.165, 1.54) is 23.1 Å². The Kier molecular flexibility index (Phi) is 3.39. The van der Waals surface area contributed by atoms with E-state index >= 15 is 0 Å². The molecule has 3 rings (SSSR count). The molecule has 2 aromatic carbocycles. The highest BCUT2D eigenvalue weighted by Gasteiger charge is 2.37. The molecule has 2 aromatic rings. The summed E-state index contributed by atoms with van der Waals surface area (Å²) in [5.41, 5.74) is 4.09. The zero-order chi connectivity index (χ0) is 13.2. The molecule has 1 aliphatic rings. The van der Waals surface area contributed by atoms with Crippen LogP contribution in [0.5, 0.6) is 0 Å². The maximum atomic E-state index is 3.39. The fraction of sp³-hybridized carbons (Fsp3) is 0.333. The Labute approximate surface area is 115 Å². The lowest BCUT2D eigenvalue weighted by Crippen LogP contribution is -2.46. The van der Waals surface area contributed by atoms with Gasteiger partial charge in [0, 0.05) is 6.04 Å². The molecular weight excluding hydrogens is 230 g/mol. The molecule has 0 aromatic heterocycles. The largest absolute Gasteiger partial charge is 0.317 e. The minimum atomic E-state index is 0.693. The Morgan fingerprint density at radius 1 is 0.895 bits per heavy atom. The van der Waals surface area contributed by atoms with Gasteiger partial charge in [-0.3, -0.25) is 0 Å². The maximum absolute atomic E-state index is 3.39. The van der Waals surface area contributed by atoms with Gasteiger partial charge in [-0.15, -0.1) is 0 Å². The minimum Gasteiger partial charge on any atom is -0.317 e. The van der Waals surface area contributed by atoms with Gasteiger partial charge in [0.2, 0.25) is 0 Å². The summed E-state index contributed by atoms with van der Waals surface area (Å²) in [5.74, 6) is 1.47. The normalized spacial score (nSPS) is 25.9. The summed E-state index contributed by atoms with van der Waals surface area (Å²) < 4.78 is 0.